The molecule has 0 spiro atoms. The molecule has 5 heteroatoms. The molecule has 1 heterocycles. The van der Waals surface area contributed by atoms with Crippen LogP contribution in [0, 0.1) is 5.82 Å². The summed E-state index contributed by atoms with van der Waals surface area (Å²) in [7, 11) is 0. The molecular formula is C12H12BrFN2O. The predicted octanol–water partition coefficient (Wildman–Crippen LogP) is 3.65. The number of halogens is 2. The fourth-order valence-electron chi connectivity index (χ4n) is 1.49. The fraction of sp³-hybridized carbons (Fsp3) is 0.250. The number of benzene rings is 1. The van der Waals surface area contributed by atoms with Gasteiger partial charge in [-0.3, -0.25) is 0 Å². The van der Waals surface area contributed by atoms with Gasteiger partial charge in [0.15, 0.2) is 5.76 Å². The van der Waals surface area contributed by atoms with Crippen molar-refractivity contribution in [1.29, 1.82) is 0 Å². The van der Waals surface area contributed by atoms with Gasteiger partial charge in [-0.25, -0.2) is 4.39 Å². The quantitative estimate of drug-likeness (QED) is 0.941. The molecule has 0 saturated heterocycles. The third kappa shape index (κ3) is 2.56. The van der Waals surface area contributed by atoms with Gasteiger partial charge in [-0.15, -0.1) is 0 Å². The highest BCUT2D eigenvalue weighted by molar-refractivity contribution is 9.10. The molecule has 2 N–H and O–H groups in total. The third-order valence-corrected chi connectivity index (χ3v) is 3.03. The standard InChI is InChI=1S/C12H12BrFN2O/c1-2-10(15)12-6-11(16-17-12)8-5-7(13)3-4-9(8)14/h3-6,10H,2,15H2,1H3. The molecule has 0 aliphatic rings. The normalized spacial score (nSPS) is 12.7. The first-order valence-corrected chi connectivity index (χ1v) is 6.08. The van der Waals surface area contributed by atoms with Crippen molar-refractivity contribution in [3.63, 3.8) is 0 Å². The van der Waals surface area contributed by atoms with Crippen LogP contribution in [0.1, 0.15) is 25.1 Å². The highest BCUT2D eigenvalue weighted by Crippen LogP contribution is 2.27. The van der Waals surface area contributed by atoms with Gasteiger partial charge in [0, 0.05) is 16.1 Å². The lowest BCUT2D eigenvalue weighted by Crippen LogP contribution is -2.06. The van der Waals surface area contributed by atoms with Crippen molar-refractivity contribution in [2.45, 2.75) is 19.4 Å². The predicted molar refractivity (Wildman–Crippen MR) is 66.8 cm³/mol. The zero-order chi connectivity index (χ0) is 12.4. The van der Waals surface area contributed by atoms with E-state index in [0.29, 0.717) is 17.0 Å². The Bertz CT molecular complexity index is 527. The van der Waals surface area contributed by atoms with E-state index < -0.39 is 0 Å². The molecule has 0 bridgehead atoms. The van der Waals surface area contributed by atoms with Crippen LogP contribution in [0.3, 0.4) is 0 Å². The molecule has 0 fully saturated rings. The molecule has 0 saturated carbocycles. The molecule has 2 rings (SSSR count). The van der Waals surface area contributed by atoms with Crippen molar-refractivity contribution >= 4 is 15.9 Å². The molecule has 90 valence electrons. The number of aromatic nitrogens is 1. The number of hydrogen-bond donors (Lipinski definition) is 1. The Morgan fingerprint density at radius 3 is 2.94 bits per heavy atom. The smallest absolute Gasteiger partial charge is 0.154 e. The maximum atomic E-state index is 13.6. The van der Waals surface area contributed by atoms with Gasteiger partial charge in [-0.2, -0.15) is 0 Å². The van der Waals surface area contributed by atoms with Crippen molar-refractivity contribution in [2.75, 3.05) is 0 Å². The van der Waals surface area contributed by atoms with E-state index in [4.69, 9.17) is 10.3 Å². The average Bonchev–Trinajstić information content (AvgIpc) is 2.80. The molecule has 1 aromatic carbocycles. The number of hydrogen-bond acceptors (Lipinski definition) is 3. The first-order valence-electron chi connectivity index (χ1n) is 5.29. The second kappa shape index (κ2) is 4.98. The number of nitrogens with zero attached hydrogens (tertiary/aromatic N) is 1. The number of rotatable bonds is 3. The number of nitrogens with two attached hydrogens (primary N) is 1. The maximum Gasteiger partial charge on any atom is 0.154 e. The maximum absolute atomic E-state index is 13.6. The largest absolute Gasteiger partial charge is 0.359 e. The molecule has 1 unspecified atom stereocenters. The van der Waals surface area contributed by atoms with E-state index >= 15 is 0 Å². The molecule has 0 aliphatic carbocycles. The van der Waals surface area contributed by atoms with Crippen LogP contribution in [0.5, 0.6) is 0 Å². The van der Waals surface area contributed by atoms with Gasteiger partial charge >= 0.3 is 0 Å². The molecule has 2 aromatic rings. The van der Waals surface area contributed by atoms with Gasteiger partial charge in [0.1, 0.15) is 11.5 Å². The SMILES string of the molecule is CCC(N)c1cc(-c2cc(Br)ccc2F)no1. The Kier molecular flexibility index (Phi) is 3.59. The third-order valence-electron chi connectivity index (χ3n) is 2.54. The average molecular weight is 299 g/mol. The van der Waals surface area contributed by atoms with Crippen LogP contribution in [0.2, 0.25) is 0 Å². The summed E-state index contributed by atoms with van der Waals surface area (Å²) in [4.78, 5) is 0. The Balaban J connectivity index is 2.40. The summed E-state index contributed by atoms with van der Waals surface area (Å²) in [6.45, 7) is 1.95. The van der Waals surface area contributed by atoms with Gasteiger partial charge in [-0.1, -0.05) is 28.0 Å². The van der Waals surface area contributed by atoms with Crippen molar-refractivity contribution in [3.8, 4) is 11.3 Å². The first kappa shape index (κ1) is 12.3. The van der Waals surface area contributed by atoms with E-state index in [1.807, 2.05) is 6.92 Å². The van der Waals surface area contributed by atoms with Gasteiger partial charge in [0.25, 0.3) is 0 Å². The van der Waals surface area contributed by atoms with E-state index in [1.54, 1.807) is 18.2 Å². The summed E-state index contributed by atoms with van der Waals surface area (Å²) in [5, 5.41) is 3.84. The second-order valence-electron chi connectivity index (χ2n) is 3.75. The minimum atomic E-state index is -0.335. The molecule has 0 amide bonds. The zero-order valence-electron chi connectivity index (χ0n) is 9.28. The lowest BCUT2D eigenvalue weighted by Gasteiger charge is -2.01. The van der Waals surface area contributed by atoms with Crippen LogP contribution in [-0.2, 0) is 0 Å². The van der Waals surface area contributed by atoms with E-state index in [1.165, 1.54) is 6.07 Å². The van der Waals surface area contributed by atoms with E-state index in [-0.39, 0.29) is 11.9 Å². The second-order valence-corrected chi connectivity index (χ2v) is 4.67. The summed E-state index contributed by atoms with van der Waals surface area (Å²) in [6.07, 6.45) is 0.746. The van der Waals surface area contributed by atoms with Gasteiger partial charge in [-0.05, 0) is 24.6 Å². The first-order chi connectivity index (χ1) is 8.11. The molecule has 3 nitrogen and oxygen atoms in total. The van der Waals surface area contributed by atoms with Crippen LogP contribution in [0.25, 0.3) is 11.3 Å². The lowest BCUT2D eigenvalue weighted by atomic mass is 10.1. The van der Waals surface area contributed by atoms with Crippen LogP contribution >= 0.6 is 15.9 Å². The minimum absolute atomic E-state index is 0.202. The Morgan fingerprint density at radius 1 is 1.47 bits per heavy atom. The van der Waals surface area contributed by atoms with Gasteiger partial charge in [0.2, 0.25) is 0 Å². The van der Waals surface area contributed by atoms with Crippen LogP contribution in [0.15, 0.2) is 33.3 Å². The summed E-state index contributed by atoms with van der Waals surface area (Å²) in [6, 6.07) is 6.16. The van der Waals surface area contributed by atoms with Crippen molar-refractivity contribution in [1.82, 2.24) is 5.16 Å². The molecule has 0 radical (unpaired) electrons. The van der Waals surface area contributed by atoms with E-state index in [0.717, 1.165) is 10.9 Å². The Morgan fingerprint density at radius 2 is 2.24 bits per heavy atom. The highest BCUT2D eigenvalue weighted by atomic mass is 79.9. The minimum Gasteiger partial charge on any atom is -0.359 e. The van der Waals surface area contributed by atoms with Crippen molar-refractivity contribution < 1.29 is 8.91 Å². The Hall–Kier alpha value is -1.20. The Labute approximate surface area is 107 Å². The molecule has 1 aromatic heterocycles. The molecule has 0 aliphatic heterocycles. The van der Waals surface area contributed by atoms with Crippen LogP contribution in [0.4, 0.5) is 4.39 Å². The van der Waals surface area contributed by atoms with E-state index in [9.17, 15) is 4.39 Å². The van der Waals surface area contributed by atoms with Crippen molar-refractivity contribution in [2.24, 2.45) is 5.73 Å². The van der Waals surface area contributed by atoms with E-state index in [2.05, 4.69) is 21.1 Å². The summed E-state index contributed by atoms with van der Waals surface area (Å²) in [5.41, 5.74) is 6.68. The van der Waals surface area contributed by atoms with Crippen molar-refractivity contribution in [3.05, 3.63) is 40.3 Å². The molecule has 1 atom stereocenters. The fourth-order valence-corrected chi connectivity index (χ4v) is 1.85. The van der Waals surface area contributed by atoms with Crippen LogP contribution in [-0.4, -0.2) is 5.16 Å². The topological polar surface area (TPSA) is 52.0 Å². The van der Waals surface area contributed by atoms with Crippen LogP contribution < -0.4 is 5.73 Å². The summed E-state index contributed by atoms with van der Waals surface area (Å²) in [5.74, 6) is 0.236. The van der Waals surface area contributed by atoms with Gasteiger partial charge < -0.3 is 10.3 Å². The highest BCUT2D eigenvalue weighted by Gasteiger charge is 2.14. The monoisotopic (exact) mass is 298 g/mol. The zero-order valence-corrected chi connectivity index (χ0v) is 10.9. The summed E-state index contributed by atoms with van der Waals surface area (Å²) < 4.78 is 19.5. The molecule has 17 heavy (non-hydrogen) atoms. The lowest BCUT2D eigenvalue weighted by molar-refractivity contribution is 0.360. The molecular weight excluding hydrogens is 287 g/mol. The summed E-state index contributed by atoms with van der Waals surface area (Å²) >= 11 is 3.29. The van der Waals surface area contributed by atoms with Gasteiger partial charge in [0.05, 0.1) is 6.04 Å².